The Morgan fingerprint density at radius 1 is 1.38 bits per heavy atom. The number of benzene rings is 1. The molecule has 4 heteroatoms. The van der Waals surface area contributed by atoms with Crippen LogP contribution < -0.4 is 10.5 Å². The van der Waals surface area contributed by atoms with Crippen LogP contribution in [0.25, 0.3) is 0 Å². The van der Waals surface area contributed by atoms with Gasteiger partial charge in [0, 0.05) is 19.7 Å². The molecular weight excluding hydrogens is 202 g/mol. The van der Waals surface area contributed by atoms with E-state index in [1.54, 1.807) is 4.68 Å². The highest BCUT2D eigenvalue weighted by Gasteiger charge is 2.04. The first-order valence-corrected chi connectivity index (χ1v) is 5.16. The van der Waals surface area contributed by atoms with Gasteiger partial charge in [0.2, 0.25) is 5.88 Å². The standard InChI is InChI=1S/C12H15N3O/c1-9-6-12(15(2)14-9)16-11-5-3-4-10(7-11)8-13/h3-7H,8,13H2,1-2H3. The first-order valence-electron chi connectivity index (χ1n) is 5.16. The topological polar surface area (TPSA) is 53.1 Å². The van der Waals surface area contributed by atoms with E-state index in [0.717, 1.165) is 22.9 Å². The number of ether oxygens (including phenoxy) is 1. The Bertz CT molecular complexity index is 491. The van der Waals surface area contributed by atoms with E-state index in [-0.39, 0.29) is 0 Å². The van der Waals surface area contributed by atoms with Crippen LogP contribution in [0.4, 0.5) is 0 Å². The maximum absolute atomic E-state index is 5.72. The molecule has 0 radical (unpaired) electrons. The molecule has 2 N–H and O–H groups in total. The molecule has 16 heavy (non-hydrogen) atoms. The molecule has 0 spiro atoms. The van der Waals surface area contributed by atoms with Crippen molar-refractivity contribution in [2.45, 2.75) is 13.5 Å². The van der Waals surface area contributed by atoms with E-state index >= 15 is 0 Å². The Hall–Kier alpha value is -1.81. The van der Waals surface area contributed by atoms with E-state index in [0.29, 0.717) is 6.54 Å². The fraction of sp³-hybridized carbons (Fsp3) is 0.250. The Morgan fingerprint density at radius 2 is 2.19 bits per heavy atom. The van der Waals surface area contributed by atoms with Gasteiger partial charge in [-0.05, 0) is 24.6 Å². The maximum atomic E-state index is 5.72. The number of nitrogens with zero attached hydrogens (tertiary/aromatic N) is 2. The summed E-state index contributed by atoms with van der Waals surface area (Å²) in [4.78, 5) is 0. The van der Waals surface area contributed by atoms with Crippen molar-refractivity contribution in [3.05, 3.63) is 41.6 Å². The quantitative estimate of drug-likeness (QED) is 0.855. The van der Waals surface area contributed by atoms with Gasteiger partial charge in [0.15, 0.2) is 0 Å². The highest BCUT2D eigenvalue weighted by molar-refractivity contribution is 5.32. The summed E-state index contributed by atoms with van der Waals surface area (Å²) in [5.41, 5.74) is 7.56. The van der Waals surface area contributed by atoms with Gasteiger partial charge in [-0.3, -0.25) is 0 Å². The van der Waals surface area contributed by atoms with Crippen LogP contribution in [-0.4, -0.2) is 9.78 Å². The summed E-state index contributed by atoms with van der Waals surface area (Å²) in [6.07, 6.45) is 0. The zero-order valence-corrected chi connectivity index (χ0v) is 9.47. The van der Waals surface area contributed by atoms with Crippen LogP contribution in [0.5, 0.6) is 11.6 Å². The maximum Gasteiger partial charge on any atom is 0.217 e. The Kier molecular flexibility index (Phi) is 2.92. The van der Waals surface area contributed by atoms with Crippen molar-refractivity contribution in [3.8, 4) is 11.6 Å². The van der Waals surface area contributed by atoms with Gasteiger partial charge in [-0.25, -0.2) is 4.68 Å². The summed E-state index contributed by atoms with van der Waals surface area (Å²) >= 11 is 0. The van der Waals surface area contributed by atoms with Crippen LogP contribution in [0, 0.1) is 6.92 Å². The number of nitrogens with two attached hydrogens (primary N) is 1. The van der Waals surface area contributed by atoms with Gasteiger partial charge in [0.05, 0.1) is 5.69 Å². The Balaban J connectivity index is 2.23. The molecule has 1 heterocycles. The number of hydrogen-bond acceptors (Lipinski definition) is 3. The fourth-order valence-electron chi connectivity index (χ4n) is 1.54. The number of aromatic nitrogens is 2. The molecule has 4 nitrogen and oxygen atoms in total. The van der Waals surface area contributed by atoms with E-state index in [1.165, 1.54) is 0 Å². The molecule has 0 aliphatic carbocycles. The second-order valence-corrected chi connectivity index (χ2v) is 3.70. The van der Waals surface area contributed by atoms with Gasteiger partial charge in [-0.1, -0.05) is 12.1 Å². The highest BCUT2D eigenvalue weighted by atomic mass is 16.5. The molecule has 0 fully saturated rings. The summed E-state index contributed by atoms with van der Waals surface area (Å²) in [6.45, 7) is 2.45. The van der Waals surface area contributed by atoms with Crippen molar-refractivity contribution in [2.24, 2.45) is 12.8 Å². The lowest BCUT2D eigenvalue weighted by molar-refractivity contribution is 0.430. The van der Waals surface area contributed by atoms with Gasteiger partial charge in [-0.2, -0.15) is 5.10 Å². The van der Waals surface area contributed by atoms with Crippen molar-refractivity contribution in [1.82, 2.24) is 9.78 Å². The smallest absolute Gasteiger partial charge is 0.217 e. The second-order valence-electron chi connectivity index (χ2n) is 3.70. The molecule has 0 saturated carbocycles. The van der Waals surface area contributed by atoms with Gasteiger partial charge >= 0.3 is 0 Å². The molecule has 0 aliphatic rings. The zero-order chi connectivity index (χ0) is 11.5. The monoisotopic (exact) mass is 217 g/mol. The van der Waals surface area contributed by atoms with E-state index in [4.69, 9.17) is 10.5 Å². The normalized spacial score (nSPS) is 10.4. The number of rotatable bonds is 3. The van der Waals surface area contributed by atoms with Crippen LogP contribution in [0.1, 0.15) is 11.3 Å². The molecule has 0 atom stereocenters. The Morgan fingerprint density at radius 3 is 2.81 bits per heavy atom. The summed E-state index contributed by atoms with van der Waals surface area (Å²) in [5, 5.41) is 4.22. The highest BCUT2D eigenvalue weighted by Crippen LogP contribution is 2.22. The van der Waals surface area contributed by atoms with E-state index in [1.807, 2.05) is 44.3 Å². The molecule has 0 saturated heterocycles. The summed E-state index contributed by atoms with van der Waals surface area (Å²) in [5.74, 6) is 1.51. The summed E-state index contributed by atoms with van der Waals surface area (Å²) < 4.78 is 7.43. The molecular formula is C12H15N3O. The first kappa shape index (κ1) is 10.7. The molecule has 2 rings (SSSR count). The van der Waals surface area contributed by atoms with E-state index in [9.17, 15) is 0 Å². The molecule has 84 valence electrons. The summed E-state index contributed by atoms with van der Waals surface area (Å²) in [7, 11) is 1.86. The molecule has 0 unspecified atom stereocenters. The van der Waals surface area contributed by atoms with Crippen molar-refractivity contribution < 1.29 is 4.74 Å². The first-order chi connectivity index (χ1) is 7.69. The zero-order valence-electron chi connectivity index (χ0n) is 9.47. The minimum Gasteiger partial charge on any atom is -0.439 e. The molecule has 0 aliphatic heterocycles. The van der Waals surface area contributed by atoms with Crippen molar-refractivity contribution in [2.75, 3.05) is 0 Å². The lowest BCUT2D eigenvalue weighted by atomic mass is 10.2. The Labute approximate surface area is 94.6 Å². The molecule has 0 bridgehead atoms. The van der Waals surface area contributed by atoms with E-state index in [2.05, 4.69) is 5.10 Å². The fourth-order valence-corrected chi connectivity index (χ4v) is 1.54. The van der Waals surface area contributed by atoms with Gasteiger partial charge < -0.3 is 10.5 Å². The number of hydrogen-bond donors (Lipinski definition) is 1. The minimum absolute atomic E-state index is 0.515. The predicted molar refractivity (Wildman–Crippen MR) is 62.4 cm³/mol. The van der Waals surface area contributed by atoms with Crippen LogP contribution in [0.2, 0.25) is 0 Å². The SMILES string of the molecule is Cc1cc(Oc2cccc(CN)c2)n(C)n1. The third kappa shape index (κ3) is 2.23. The molecule has 0 amide bonds. The van der Waals surface area contributed by atoms with Gasteiger partial charge in [0.25, 0.3) is 0 Å². The predicted octanol–water partition coefficient (Wildman–Crippen LogP) is 1.98. The van der Waals surface area contributed by atoms with Gasteiger partial charge in [-0.15, -0.1) is 0 Å². The van der Waals surface area contributed by atoms with Crippen molar-refractivity contribution in [1.29, 1.82) is 0 Å². The average Bonchev–Trinajstić information content (AvgIpc) is 2.58. The summed E-state index contributed by atoms with van der Waals surface area (Å²) in [6, 6.07) is 9.64. The van der Waals surface area contributed by atoms with Crippen LogP contribution in [-0.2, 0) is 13.6 Å². The van der Waals surface area contributed by atoms with Crippen LogP contribution >= 0.6 is 0 Å². The third-order valence-electron chi connectivity index (χ3n) is 2.32. The molecule has 1 aromatic carbocycles. The van der Waals surface area contributed by atoms with Crippen molar-refractivity contribution >= 4 is 0 Å². The third-order valence-corrected chi connectivity index (χ3v) is 2.32. The minimum atomic E-state index is 0.515. The average molecular weight is 217 g/mol. The van der Waals surface area contributed by atoms with Crippen molar-refractivity contribution in [3.63, 3.8) is 0 Å². The van der Waals surface area contributed by atoms with Crippen LogP contribution in [0.15, 0.2) is 30.3 Å². The van der Waals surface area contributed by atoms with E-state index < -0.39 is 0 Å². The number of aryl methyl sites for hydroxylation is 2. The molecule has 2 aromatic rings. The lowest BCUT2D eigenvalue weighted by Crippen LogP contribution is -1.98. The lowest BCUT2D eigenvalue weighted by Gasteiger charge is -2.06. The van der Waals surface area contributed by atoms with Crippen LogP contribution in [0.3, 0.4) is 0 Å². The largest absolute Gasteiger partial charge is 0.439 e. The second kappa shape index (κ2) is 4.37. The molecule has 1 aromatic heterocycles. The van der Waals surface area contributed by atoms with Gasteiger partial charge in [0.1, 0.15) is 5.75 Å².